The third kappa shape index (κ3) is 4.37. The van der Waals surface area contributed by atoms with Gasteiger partial charge in [0.1, 0.15) is 0 Å². The van der Waals surface area contributed by atoms with Gasteiger partial charge in [-0.1, -0.05) is 6.92 Å². The van der Waals surface area contributed by atoms with Crippen molar-refractivity contribution < 1.29 is 10.0 Å². The van der Waals surface area contributed by atoms with Crippen LogP contribution in [0.2, 0.25) is 0 Å². The van der Waals surface area contributed by atoms with Gasteiger partial charge in [0.15, 0.2) is 0 Å². The number of hydrogen-bond donors (Lipinski definition) is 1. The van der Waals surface area contributed by atoms with Gasteiger partial charge in [-0.15, -0.1) is 0 Å². The fourth-order valence-corrected chi connectivity index (χ4v) is 2.60. The Morgan fingerprint density at radius 2 is 2.05 bits per heavy atom. The average molecular weight is 295 g/mol. The van der Waals surface area contributed by atoms with Gasteiger partial charge in [-0.2, -0.15) is 0 Å². The van der Waals surface area contributed by atoms with Crippen LogP contribution in [0.15, 0.2) is 23.1 Å². The first-order chi connectivity index (χ1) is 9.95. The van der Waals surface area contributed by atoms with Crippen molar-refractivity contribution in [2.45, 2.75) is 32.4 Å². The highest BCUT2D eigenvalue weighted by atomic mass is 16.6. The van der Waals surface area contributed by atoms with E-state index in [0.29, 0.717) is 6.54 Å². The Labute approximate surface area is 123 Å². The second-order valence-electron chi connectivity index (χ2n) is 5.77. The van der Waals surface area contributed by atoms with E-state index >= 15 is 0 Å². The number of β-amino-alcohol motifs (C(OH)–C–C–N with tert-alkyl or cyclic N) is 1. The summed E-state index contributed by atoms with van der Waals surface area (Å²) in [6, 6.07) is 2.34. The third-order valence-corrected chi connectivity index (χ3v) is 3.93. The van der Waals surface area contributed by atoms with Gasteiger partial charge in [0.25, 0.3) is 11.2 Å². The summed E-state index contributed by atoms with van der Waals surface area (Å²) < 4.78 is 1.20. The van der Waals surface area contributed by atoms with E-state index in [1.165, 1.54) is 16.8 Å². The maximum atomic E-state index is 11.7. The molecule has 1 N–H and O–H groups in total. The minimum atomic E-state index is -0.710. The lowest BCUT2D eigenvalue weighted by Gasteiger charge is -2.31. The Bertz CT molecular complexity index is 549. The van der Waals surface area contributed by atoms with Crippen LogP contribution in [0.25, 0.3) is 0 Å². The zero-order chi connectivity index (χ0) is 15.4. The van der Waals surface area contributed by atoms with Crippen molar-refractivity contribution in [3.8, 4) is 0 Å². The summed E-state index contributed by atoms with van der Waals surface area (Å²) in [7, 11) is 0. The van der Waals surface area contributed by atoms with Crippen molar-refractivity contribution in [1.29, 1.82) is 0 Å². The molecule has 1 atom stereocenters. The highest BCUT2D eigenvalue weighted by molar-refractivity contribution is 5.24. The van der Waals surface area contributed by atoms with E-state index in [2.05, 4.69) is 11.8 Å². The number of nitrogens with zero attached hydrogens (tertiary/aromatic N) is 3. The molecule has 1 aliphatic rings. The van der Waals surface area contributed by atoms with Gasteiger partial charge in [-0.3, -0.25) is 14.9 Å². The molecule has 0 aromatic carbocycles. The van der Waals surface area contributed by atoms with E-state index in [4.69, 9.17) is 0 Å². The summed E-state index contributed by atoms with van der Waals surface area (Å²) >= 11 is 0. The maximum Gasteiger partial charge on any atom is 0.285 e. The standard InChI is InChI=1S/C14H21N3O4/c1-11-4-6-15(7-5-11)9-13(18)10-16-8-12(17(20)21)2-3-14(16)19/h2-3,8,11,13,18H,4-7,9-10H2,1H3/t13-/m1/s1. The Kier molecular flexibility index (Phi) is 5.08. The number of hydrogen-bond acceptors (Lipinski definition) is 5. The molecule has 0 radical (unpaired) electrons. The smallest absolute Gasteiger partial charge is 0.285 e. The van der Waals surface area contributed by atoms with E-state index in [1.54, 1.807) is 0 Å². The van der Waals surface area contributed by atoms with E-state index < -0.39 is 11.0 Å². The molecular formula is C14H21N3O4. The first-order valence-corrected chi connectivity index (χ1v) is 7.21. The third-order valence-electron chi connectivity index (χ3n) is 3.93. The molecule has 0 spiro atoms. The van der Waals surface area contributed by atoms with Gasteiger partial charge in [0.05, 0.1) is 23.8 Å². The molecule has 7 nitrogen and oxygen atoms in total. The topological polar surface area (TPSA) is 88.6 Å². The number of aromatic nitrogens is 1. The van der Waals surface area contributed by atoms with E-state index in [0.717, 1.165) is 37.9 Å². The van der Waals surface area contributed by atoms with Crippen LogP contribution in [-0.4, -0.2) is 45.2 Å². The summed E-state index contributed by atoms with van der Waals surface area (Å²) in [6.07, 6.45) is 2.70. The van der Waals surface area contributed by atoms with Crippen molar-refractivity contribution in [1.82, 2.24) is 9.47 Å². The first-order valence-electron chi connectivity index (χ1n) is 7.21. The lowest BCUT2D eigenvalue weighted by Crippen LogP contribution is -2.40. The Hall–Kier alpha value is -1.73. The zero-order valence-corrected chi connectivity index (χ0v) is 12.1. The van der Waals surface area contributed by atoms with Crippen LogP contribution in [0, 0.1) is 16.0 Å². The molecule has 0 amide bonds. The molecule has 21 heavy (non-hydrogen) atoms. The molecule has 0 unspecified atom stereocenters. The molecule has 0 bridgehead atoms. The lowest BCUT2D eigenvalue weighted by atomic mass is 9.99. The molecule has 1 saturated heterocycles. The van der Waals surface area contributed by atoms with Crippen molar-refractivity contribution in [3.05, 3.63) is 38.8 Å². The Morgan fingerprint density at radius 3 is 2.67 bits per heavy atom. The number of nitro groups is 1. The van der Waals surface area contributed by atoms with Crippen LogP contribution in [0.3, 0.4) is 0 Å². The molecule has 0 aliphatic carbocycles. The predicted octanol–water partition coefficient (Wildman–Crippen LogP) is 0.849. The number of likely N-dealkylation sites (tertiary alicyclic amines) is 1. The molecule has 1 aliphatic heterocycles. The maximum absolute atomic E-state index is 11.7. The molecule has 0 saturated carbocycles. The summed E-state index contributed by atoms with van der Waals surface area (Å²) in [5.74, 6) is 0.720. The molecular weight excluding hydrogens is 274 g/mol. The molecule has 1 aromatic rings. The van der Waals surface area contributed by atoms with Gasteiger partial charge < -0.3 is 14.6 Å². The number of piperidine rings is 1. The largest absolute Gasteiger partial charge is 0.390 e. The SMILES string of the molecule is CC1CCN(C[C@@H](O)Cn2cc([N+](=O)[O-])ccc2=O)CC1. The van der Waals surface area contributed by atoms with Gasteiger partial charge >= 0.3 is 0 Å². The number of aliphatic hydroxyl groups is 1. The Balaban J connectivity index is 1.96. The monoisotopic (exact) mass is 295 g/mol. The van der Waals surface area contributed by atoms with Crippen molar-refractivity contribution in [2.24, 2.45) is 5.92 Å². The molecule has 1 fully saturated rings. The van der Waals surface area contributed by atoms with Crippen LogP contribution < -0.4 is 5.56 Å². The lowest BCUT2D eigenvalue weighted by molar-refractivity contribution is -0.385. The number of rotatable bonds is 5. The van der Waals surface area contributed by atoms with E-state index in [1.807, 2.05) is 0 Å². The van der Waals surface area contributed by atoms with Gasteiger partial charge in [-0.25, -0.2) is 0 Å². The van der Waals surface area contributed by atoms with Crippen LogP contribution in [0.5, 0.6) is 0 Å². The number of pyridine rings is 1. The predicted molar refractivity (Wildman–Crippen MR) is 78.2 cm³/mol. The highest BCUT2D eigenvalue weighted by Crippen LogP contribution is 2.16. The summed E-state index contributed by atoms with van der Waals surface area (Å²) in [4.78, 5) is 24.0. The van der Waals surface area contributed by atoms with Gasteiger partial charge in [0.2, 0.25) is 0 Å². The van der Waals surface area contributed by atoms with E-state index in [9.17, 15) is 20.0 Å². The van der Waals surface area contributed by atoms with Crippen LogP contribution in [-0.2, 0) is 6.54 Å². The molecule has 2 heterocycles. The number of aliphatic hydroxyl groups excluding tert-OH is 1. The van der Waals surface area contributed by atoms with Gasteiger partial charge in [-0.05, 0) is 31.8 Å². The summed E-state index contributed by atoms with van der Waals surface area (Å²) in [6.45, 7) is 4.68. The second kappa shape index (κ2) is 6.82. The fraction of sp³-hybridized carbons (Fsp3) is 0.643. The van der Waals surface area contributed by atoms with Crippen LogP contribution in [0.4, 0.5) is 5.69 Å². The van der Waals surface area contributed by atoms with Gasteiger partial charge in [0, 0.05) is 18.7 Å². The minimum Gasteiger partial charge on any atom is -0.390 e. The minimum absolute atomic E-state index is 0.0760. The molecule has 116 valence electrons. The van der Waals surface area contributed by atoms with Crippen LogP contribution in [0.1, 0.15) is 19.8 Å². The fourth-order valence-electron chi connectivity index (χ4n) is 2.60. The van der Waals surface area contributed by atoms with Crippen molar-refractivity contribution in [2.75, 3.05) is 19.6 Å². The highest BCUT2D eigenvalue weighted by Gasteiger charge is 2.19. The Morgan fingerprint density at radius 1 is 1.38 bits per heavy atom. The molecule has 2 rings (SSSR count). The van der Waals surface area contributed by atoms with Crippen LogP contribution >= 0.6 is 0 Å². The quantitative estimate of drug-likeness (QED) is 0.642. The summed E-state index contributed by atoms with van der Waals surface area (Å²) in [5, 5.41) is 20.8. The second-order valence-corrected chi connectivity index (χ2v) is 5.77. The molecule has 7 heteroatoms. The first kappa shape index (κ1) is 15.7. The zero-order valence-electron chi connectivity index (χ0n) is 12.1. The van der Waals surface area contributed by atoms with Crippen molar-refractivity contribution >= 4 is 5.69 Å². The van der Waals surface area contributed by atoms with E-state index in [-0.39, 0.29) is 17.8 Å². The average Bonchev–Trinajstić information content (AvgIpc) is 2.43. The normalized spacial score (nSPS) is 18.6. The molecule has 1 aromatic heterocycles. The van der Waals surface area contributed by atoms with Crippen molar-refractivity contribution in [3.63, 3.8) is 0 Å². The summed E-state index contributed by atoms with van der Waals surface area (Å²) in [5.41, 5.74) is -0.486.